The van der Waals surface area contributed by atoms with Crippen molar-refractivity contribution in [3.05, 3.63) is 75.7 Å². The summed E-state index contributed by atoms with van der Waals surface area (Å²) in [6.45, 7) is 0. The van der Waals surface area contributed by atoms with Crippen LogP contribution in [-0.2, 0) is 0 Å². The van der Waals surface area contributed by atoms with E-state index < -0.39 is 5.97 Å². The van der Waals surface area contributed by atoms with Gasteiger partial charge in [-0.05, 0) is 53.9 Å². The number of hydrogen-bond donors (Lipinski definition) is 1. The highest BCUT2D eigenvalue weighted by atomic mass is 32.1. The number of carboxylic acid groups (broad SMARTS) is 1. The van der Waals surface area contributed by atoms with Crippen LogP contribution in [0.1, 0.15) is 31.3 Å². The molecule has 2 heterocycles. The molecule has 3 aromatic rings. The predicted molar refractivity (Wildman–Crippen MR) is 88.6 cm³/mol. The Kier molecular flexibility index (Phi) is 4.16. The Hall–Kier alpha value is -2.99. The first-order chi connectivity index (χ1) is 11.1. The van der Waals surface area contributed by atoms with Crippen LogP contribution in [0.3, 0.4) is 0 Å². The standard InChI is InChI=1S/C17H12N2O3S/c20-16(12-3-5-13(6-4-12)17(21)22)19-10-9-14(18-19)7-8-15-2-1-11-23-15/h1-11H,(H,21,22)/b8-7+. The fourth-order valence-corrected chi connectivity index (χ4v) is 2.60. The number of carbonyl (C=O) groups is 2. The Bertz CT molecular complexity index is 862. The molecular formula is C17H12N2O3S. The molecule has 1 N–H and O–H groups in total. The Morgan fingerprint density at radius 3 is 2.43 bits per heavy atom. The van der Waals surface area contributed by atoms with Crippen molar-refractivity contribution in [2.75, 3.05) is 0 Å². The van der Waals surface area contributed by atoms with E-state index in [0.717, 1.165) is 4.88 Å². The maximum absolute atomic E-state index is 12.3. The summed E-state index contributed by atoms with van der Waals surface area (Å²) in [7, 11) is 0. The van der Waals surface area contributed by atoms with Crippen LogP contribution < -0.4 is 0 Å². The highest BCUT2D eigenvalue weighted by Crippen LogP contribution is 2.13. The number of aromatic nitrogens is 2. The van der Waals surface area contributed by atoms with E-state index in [4.69, 9.17) is 5.11 Å². The zero-order chi connectivity index (χ0) is 16.2. The second-order valence-electron chi connectivity index (χ2n) is 4.72. The Labute approximate surface area is 136 Å². The second kappa shape index (κ2) is 6.41. The molecule has 0 aliphatic carbocycles. The molecule has 5 nitrogen and oxygen atoms in total. The summed E-state index contributed by atoms with van der Waals surface area (Å²) in [4.78, 5) is 24.2. The van der Waals surface area contributed by atoms with Gasteiger partial charge in [0.05, 0.1) is 11.3 Å². The molecule has 1 aromatic carbocycles. The summed E-state index contributed by atoms with van der Waals surface area (Å²) in [5, 5.41) is 15.1. The third-order valence-electron chi connectivity index (χ3n) is 3.16. The maximum atomic E-state index is 12.3. The van der Waals surface area contributed by atoms with Gasteiger partial charge in [-0.1, -0.05) is 6.07 Å². The van der Waals surface area contributed by atoms with E-state index in [1.807, 2.05) is 29.7 Å². The predicted octanol–water partition coefficient (Wildman–Crippen LogP) is 3.50. The molecular weight excluding hydrogens is 312 g/mol. The average molecular weight is 324 g/mol. The molecule has 0 bridgehead atoms. The van der Waals surface area contributed by atoms with Gasteiger partial charge in [0.1, 0.15) is 0 Å². The lowest BCUT2D eigenvalue weighted by Crippen LogP contribution is -2.13. The molecule has 6 heteroatoms. The minimum Gasteiger partial charge on any atom is -0.478 e. The molecule has 2 aromatic heterocycles. The number of benzene rings is 1. The molecule has 0 unspecified atom stereocenters. The molecule has 0 aliphatic heterocycles. The lowest BCUT2D eigenvalue weighted by Gasteiger charge is -2.01. The van der Waals surface area contributed by atoms with Gasteiger partial charge in [-0.3, -0.25) is 4.79 Å². The molecule has 0 radical (unpaired) electrons. The van der Waals surface area contributed by atoms with Gasteiger partial charge in [0, 0.05) is 16.6 Å². The van der Waals surface area contributed by atoms with Crippen molar-refractivity contribution in [2.45, 2.75) is 0 Å². The van der Waals surface area contributed by atoms with Crippen LogP contribution in [0.25, 0.3) is 12.2 Å². The lowest BCUT2D eigenvalue weighted by molar-refractivity contribution is 0.0696. The Balaban J connectivity index is 1.76. The van der Waals surface area contributed by atoms with Crippen LogP contribution in [0.4, 0.5) is 0 Å². The number of hydrogen-bond acceptors (Lipinski definition) is 4. The molecule has 0 aliphatic rings. The molecule has 0 amide bonds. The molecule has 0 saturated carbocycles. The van der Waals surface area contributed by atoms with E-state index in [0.29, 0.717) is 11.3 Å². The Morgan fingerprint density at radius 2 is 1.78 bits per heavy atom. The van der Waals surface area contributed by atoms with Crippen molar-refractivity contribution in [2.24, 2.45) is 0 Å². The van der Waals surface area contributed by atoms with E-state index in [1.54, 1.807) is 23.6 Å². The van der Waals surface area contributed by atoms with Crippen LogP contribution in [0.15, 0.2) is 54.0 Å². The molecule has 0 fully saturated rings. The van der Waals surface area contributed by atoms with Crippen molar-refractivity contribution in [1.82, 2.24) is 9.78 Å². The molecule has 0 spiro atoms. The number of aromatic carboxylic acids is 1. The van der Waals surface area contributed by atoms with E-state index in [2.05, 4.69) is 5.10 Å². The van der Waals surface area contributed by atoms with Crippen LogP contribution in [-0.4, -0.2) is 26.8 Å². The largest absolute Gasteiger partial charge is 0.478 e. The number of nitrogens with zero attached hydrogens (tertiary/aromatic N) is 2. The van der Waals surface area contributed by atoms with Crippen molar-refractivity contribution >= 4 is 35.4 Å². The number of thiophene rings is 1. The second-order valence-corrected chi connectivity index (χ2v) is 5.70. The topological polar surface area (TPSA) is 72.2 Å². The smallest absolute Gasteiger partial charge is 0.335 e. The molecule has 3 rings (SSSR count). The quantitative estimate of drug-likeness (QED) is 0.797. The van der Waals surface area contributed by atoms with E-state index >= 15 is 0 Å². The van der Waals surface area contributed by atoms with Crippen molar-refractivity contribution in [1.29, 1.82) is 0 Å². The Morgan fingerprint density at radius 1 is 1.04 bits per heavy atom. The summed E-state index contributed by atoms with van der Waals surface area (Å²) in [6, 6.07) is 11.5. The van der Waals surface area contributed by atoms with Gasteiger partial charge in [0.25, 0.3) is 5.91 Å². The maximum Gasteiger partial charge on any atom is 0.335 e. The number of carboxylic acids is 1. The minimum atomic E-state index is -1.02. The van der Waals surface area contributed by atoms with Crippen molar-refractivity contribution in [3.8, 4) is 0 Å². The summed E-state index contributed by atoms with van der Waals surface area (Å²) in [5.41, 5.74) is 1.20. The lowest BCUT2D eigenvalue weighted by atomic mass is 10.1. The van der Waals surface area contributed by atoms with Gasteiger partial charge in [-0.25, -0.2) is 9.48 Å². The van der Waals surface area contributed by atoms with Crippen molar-refractivity contribution < 1.29 is 14.7 Å². The van der Waals surface area contributed by atoms with Gasteiger partial charge in [0.15, 0.2) is 0 Å². The third-order valence-corrected chi connectivity index (χ3v) is 4.00. The van der Waals surface area contributed by atoms with Gasteiger partial charge in [-0.15, -0.1) is 11.3 Å². The average Bonchev–Trinajstić information content (AvgIpc) is 3.24. The molecule has 23 heavy (non-hydrogen) atoms. The fraction of sp³-hybridized carbons (Fsp3) is 0. The van der Waals surface area contributed by atoms with Crippen molar-refractivity contribution in [3.63, 3.8) is 0 Å². The van der Waals surface area contributed by atoms with Crippen LogP contribution in [0.2, 0.25) is 0 Å². The van der Waals surface area contributed by atoms with Gasteiger partial charge < -0.3 is 5.11 Å². The van der Waals surface area contributed by atoms with Crippen LogP contribution in [0, 0.1) is 0 Å². The zero-order valence-corrected chi connectivity index (χ0v) is 12.7. The summed E-state index contributed by atoms with van der Waals surface area (Å²) >= 11 is 1.62. The number of rotatable bonds is 4. The summed E-state index contributed by atoms with van der Waals surface area (Å²) in [6.07, 6.45) is 5.36. The van der Waals surface area contributed by atoms with Gasteiger partial charge in [0.2, 0.25) is 0 Å². The van der Waals surface area contributed by atoms with Crippen LogP contribution in [0.5, 0.6) is 0 Å². The molecule has 0 saturated heterocycles. The summed E-state index contributed by atoms with van der Waals surface area (Å²) in [5.74, 6) is -1.33. The minimum absolute atomic E-state index is 0.140. The van der Waals surface area contributed by atoms with Crippen LogP contribution >= 0.6 is 11.3 Å². The monoisotopic (exact) mass is 324 g/mol. The van der Waals surface area contributed by atoms with E-state index in [1.165, 1.54) is 28.9 Å². The van der Waals surface area contributed by atoms with E-state index in [-0.39, 0.29) is 11.5 Å². The zero-order valence-electron chi connectivity index (χ0n) is 11.9. The first-order valence-electron chi connectivity index (χ1n) is 6.79. The highest BCUT2D eigenvalue weighted by Gasteiger charge is 2.11. The SMILES string of the molecule is O=C(O)c1ccc(C(=O)n2ccc(/C=C/c3cccs3)n2)cc1. The van der Waals surface area contributed by atoms with Gasteiger partial charge in [-0.2, -0.15) is 5.10 Å². The molecule has 0 atom stereocenters. The normalized spacial score (nSPS) is 11.0. The highest BCUT2D eigenvalue weighted by molar-refractivity contribution is 7.10. The third kappa shape index (κ3) is 3.44. The van der Waals surface area contributed by atoms with E-state index in [9.17, 15) is 9.59 Å². The fourth-order valence-electron chi connectivity index (χ4n) is 1.98. The van der Waals surface area contributed by atoms with Gasteiger partial charge >= 0.3 is 5.97 Å². The molecule has 114 valence electrons. The summed E-state index contributed by atoms with van der Waals surface area (Å²) < 4.78 is 1.24. The first-order valence-corrected chi connectivity index (χ1v) is 7.67. The first kappa shape index (κ1) is 14.9. The number of carbonyl (C=O) groups excluding carboxylic acids is 1.